The molecule has 3 aromatic heterocycles. The number of rotatable bonds is 4. The van der Waals surface area contributed by atoms with Crippen LogP contribution in [0.2, 0.25) is 0 Å². The highest BCUT2D eigenvalue weighted by Gasteiger charge is 2.23. The molecule has 0 N–H and O–H groups in total. The summed E-state index contributed by atoms with van der Waals surface area (Å²) in [6, 6.07) is 73.3. The van der Waals surface area contributed by atoms with Gasteiger partial charge in [0.15, 0.2) is 17.5 Å². The molecule has 0 atom stereocenters. The zero-order valence-electron chi connectivity index (χ0n) is 34.3. The van der Waals surface area contributed by atoms with Gasteiger partial charge in [0.05, 0.1) is 22.3 Å². The van der Waals surface area contributed by atoms with Gasteiger partial charge in [-0.3, -0.25) is 0 Å². The summed E-state index contributed by atoms with van der Waals surface area (Å²) in [5, 5.41) is 16.0. The average molecular weight is 815 g/mol. The van der Waals surface area contributed by atoms with Crippen LogP contribution in [0, 0.1) is 0 Å². The van der Waals surface area contributed by atoms with Crippen LogP contribution in [0.15, 0.2) is 211 Å². The van der Waals surface area contributed by atoms with Crippen LogP contribution >= 0.6 is 0 Å². The van der Waals surface area contributed by atoms with Crippen molar-refractivity contribution >= 4 is 97.6 Å². The van der Waals surface area contributed by atoms with Gasteiger partial charge in [-0.1, -0.05) is 170 Å². The second-order valence-corrected chi connectivity index (χ2v) is 16.7. The Morgan fingerprint density at radius 1 is 0.312 bits per heavy atom. The molecule has 0 unspecified atom stereocenters. The minimum absolute atomic E-state index is 0.552. The Labute approximate surface area is 366 Å². The molecule has 0 radical (unpaired) electrons. The molecule has 3 heterocycles. The molecule has 0 bridgehead atoms. The Kier molecular flexibility index (Phi) is 7.33. The summed E-state index contributed by atoms with van der Waals surface area (Å²) in [6.45, 7) is 0. The van der Waals surface area contributed by atoms with E-state index in [0.29, 0.717) is 17.5 Å². The van der Waals surface area contributed by atoms with Crippen LogP contribution in [-0.2, 0) is 0 Å². The summed E-state index contributed by atoms with van der Waals surface area (Å²) in [5.41, 5.74) is 7.59. The molecule has 11 aromatic carbocycles. The third-order valence-electron chi connectivity index (χ3n) is 13.2. The number of furan rings is 1. The van der Waals surface area contributed by atoms with E-state index in [-0.39, 0.29) is 0 Å². The lowest BCUT2D eigenvalue weighted by Gasteiger charge is -2.13. The van der Waals surface area contributed by atoms with Crippen molar-refractivity contribution in [3.05, 3.63) is 206 Å². The van der Waals surface area contributed by atoms with Crippen molar-refractivity contribution < 1.29 is 4.42 Å². The zero-order valence-corrected chi connectivity index (χ0v) is 34.3. The van der Waals surface area contributed by atoms with E-state index in [1.165, 1.54) is 32.3 Å². The lowest BCUT2D eigenvalue weighted by Crippen LogP contribution is -2.01. The van der Waals surface area contributed by atoms with E-state index in [0.717, 1.165) is 87.7 Å². The Morgan fingerprint density at radius 2 is 0.719 bits per heavy atom. The van der Waals surface area contributed by atoms with Crippen molar-refractivity contribution in [1.29, 1.82) is 0 Å². The molecule has 5 nitrogen and oxygen atoms in total. The van der Waals surface area contributed by atoms with Gasteiger partial charge in [-0.05, 0) is 78.8 Å². The number of fused-ring (bicyclic) bond motifs is 12. The fourth-order valence-corrected chi connectivity index (χ4v) is 10.2. The molecule has 0 aliphatic heterocycles. The summed E-state index contributed by atoms with van der Waals surface area (Å²) < 4.78 is 9.61. The molecule has 0 fully saturated rings. The highest BCUT2D eigenvalue weighted by atomic mass is 16.3. The first-order valence-electron chi connectivity index (χ1n) is 21.7. The molecule has 14 rings (SSSR count). The first-order valence-corrected chi connectivity index (χ1v) is 21.7. The first-order chi connectivity index (χ1) is 31.7. The van der Waals surface area contributed by atoms with E-state index >= 15 is 0 Å². The molecule has 0 aliphatic rings. The van der Waals surface area contributed by atoms with Crippen molar-refractivity contribution in [2.75, 3.05) is 0 Å². The van der Waals surface area contributed by atoms with E-state index in [9.17, 15) is 0 Å². The quantitative estimate of drug-likeness (QED) is 0.178. The molecule has 0 saturated heterocycles. The average Bonchev–Trinajstić information content (AvgIpc) is 3.88. The number of hydrogen-bond donors (Lipinski definition) is 0. The summed E-state index contributed by atoms with van der Waals surface area (Å²) in [7, 11) is 0. The lowest BCUT2D eigenvalue weighted by atomic mass is 10.0. The molecule has 0 saturated carbocycles. The SMILES string of the molecule is c1ccc2cc3c(cc2c1)c1cc2ccccc2cc1n3-c1cc2oc3c(-c4nc(-c5cccc6ccccc56)nc(-c5cccc6ccccc56)n4)cccc3c2c2ccccc12. The molecule has 5 heteroatoms. The molecule has 64 heavy (non-hydrogen) atoms. The van der Waals surface area contributed by atoms with Gasteiger partial charge in [-0.25, -0.2) is 15.0 Å². The summed E-state index contributed by atoms with van der Waals surface area (Å²) in [5.74, 6) is 1.77. The fraction of sp³-hybridized carbons (Fsp3) is 0. The third-order valence-corrected chi connectivity index (χ3v) is 13.2. The molecule has 0 aliphatic carbocycles. The smallest absolute Gasteiger partial charge is 0.167 e. The van der Waals surface area contributed by atoms with E-state index in [1.54, 1.807) is 0 Å². The van der Waals surface area contributed by atoms with Crippen LogP contribution in [0.25, 0.3) is 137 Å². The largest absolute Gasteiger partial charge is 0.455 e. The maximum atomic E-state index is 7.17. The summed E-state index contributed by atoms with van der Waals surface area (Å²) in [4.78, 5) is 15.8. The summed E-state index contributed by atoms with van der Waals surface area (Å²) in [6.07, 6.45) is 0. The van der Waals surface area contributed by atoms with Gasteiger partial charge in [0.1, 0.15) is 11.2 Å². The van der Waals surface area contributed by atoms with Crippen molar-refractivity contribution in [2.45, 2.75) is 0 Å². The van der Waals surface area contributed by atoms with Gasteiger partial charge in [0.2, 0.25) is 0 Å². The van der Waals surface area contributed by atoms with E-state index in [4.69, 9.17) is 19.4 Å². The van der Waals surface area contributed by atoms with E-state index < -0.39 is 0 Å². The number of nitrogens with zero attached hydrogens (tertiary/aromatic N) is 4. The van der Waals surface area contributed by atoms with Crippen molar-refractivity contribution in [2.24, 2.45) is 0 Å². The van der Waals surface area contributed by atoms with E-state index in [2.05, 4.69) is 211 Å². The van der Waals surface area contributed by atoms with Gasteiger partial charge < -0.3 is 8.98 Å². The monoisotopic (exact) mass is 814 g/mol. The van der Waals surface area contributed by atoms with Gasteiger partial charge in [-0.15, -0.1) is 0 Å². The van der Waals surface area contributed by atoms with Crippen LogP contribution in [-0.4, -0.2) is 19.5 Å². The Hall–Kier alpha value is -8.67. The maximum Gasteiger partial charge on any atom is 0.167 e. The first kappa shape index (κ1) is 35.0. The van der Waals surface area contributed by atoms with Gasteiger partial charge in [0, 0.05) is 44.1 Å². The van der Waals surface area contributed by atoms with Gasteiger partial charge in [-0.2, -0.15) is 0 Å². The molecule has 0 spiro atoms. The standard InChI is InChI=1S/C59H34N4O/c1-3-18-39-32-51-49(30-37(39)16-1)50-31-38-17-2-4-19-40(38)33-52(50)63(51)53-34-54-55(44-25-10-9-24-43(44)53)47-28-13-29-48(56(47)64-54)59-61-57(45-26-11-20-35-14-5-7-22-41(35)45)60-58(62-59)46-27-12-21-36-15-6-8-23-42(36)46/h1-34H. The van der Waals surface area contributed by atoms with Crippen molar-refractivity contribution in [1.82, 2.24) is 19.5 Å². The fourth-order valence-electron chi connectivity index (χ4n) is 10.2. The zero-order chi connectivity index (χ0) is 41.9. The normalized spacial score (nSPS) is 12.1. The predicted molar refractivity (Wildman–Crippen MR) is 265 cm³/mol. The minimum Gasteiger partial charge on any atom is -0.455 e. The molecular formula is C59H34N4O. The second-order valence-electron chi connectivity index (χ2n) is 16.7. The predicted octanol–water partition coefficient (Wildman–Crippen LogP) is 15.6. The van der Waals surface area contributed by atoms with Crippen LogP contribution in [0.3, 0.4) is 0 Å². The lowest BCUT2D eigenvalue weighted by molar-refractivity contribution is 0.669. The minimum atomic E-state index is 0.552. The second kappa shape index (κ2) is 13.4. The number of hydrogen-bond acceptors (Lipinski definition) is 4. The number of benzene rings is 11. The van der Waals surface area contributed by atoms with Crippen LogP contribution in [0.1, 0.15) is 0 Å². The van der Waals surface area contributed by atoms with Gasteiger partial charge in [0.25, 0.3) is 0 Å². The van der Waals surface area contributed by atoms with E-state index in [1.807, 2.05) is 0 Å². The topological polar surface area (TPSA) is 56.7 Å². The van der Waals surface area contributed by atoms with Gasteiger partial charge >= 0.3 is 0 Å². The van der Waals surface area contributed by atoms with Crippen molar-refractivity contribution in [3.8, 4) is 39.9 Å². The molecule has 0 amide bonds. The highest BCUT2D eigenvalue weighted by molar-refractivity contribution is 6.24. The highest BCUT2D eigenvalue weighted by Crippen LogP contribution is 2.44. The van der Waals surface area contributed by atoms with Crippen LogP contribution in [0.5, 0.6) is 0 Å². The number of aromatic nitrogens is 4. The van der Waals surface area contributed by atoms with Crippen LogP contribution in [0.4, 0.5) is 0 Å². The van der Waals surface area contributed by atoms with Crippen molar-refractivity contribution in [3.63, 3.8) is 0 Å². The number of para-hydroxylation sites is 1. The Morgan fingerprint density at radius 3 is 1.28 bits per heavy atom. The summed E-state index contributed by atoms with van der Waals surface area (Å²) >= 11 is 0. The molecular weight excluding hydrogens is 781 g/mol. The third kappa shape index (κ3) is 5.15. The Bertz CT molecular complexity index is 4070. The molecule has 14 aromatic rings. The molecule has 296 valence electrons. The maximum absolute atomic E-state index is 7.17. The Balaban J connectivity index is 1.06. The van der Waals surface area contributed by atoms with Crippen LogP contribution < -0.4 is 0 Å².